The fourth-order valence-corrected chi connectivity index (χ4v) is 17.0. The molecule has 7 aliphatic rings. The second-order valence-electron chi connectivity index (χ2n) is 30.7. The van der Waals surface area contributed by atoms with Gasteiger partial charge in [0.2, 0.25) is 5.36 Å². The lowest BCUT2D eigenvalue weighted by molar-refractivity contribution is -0.249. The SMILES string of the molecule is CCCN1CCCc2c3c(cc(C)c21)C(c1ccccc1C(=O)N1CCN(C(=O)OCCOCCOCCOCCn2cc(CN(Cc4cn(C5CC(C)(C)N(O)C(C)(C)C5)nn4)Cc4cn(C5CC(C)(C)N(O)C(C)(C)C5)nn4)nn2)CC1)=c1cc2c4c(c1O3)CCC[N+]=4CCC2. The van der Waals surface area contributed by atoms with E-state index >= 15 is 0 Å². The number of aryl methyl sites for hydroxylation is 2. The summed E-state index contributed by atoms with van der Waals surface area (Å²) in [5.41, 5.74) is 10.9. The van der Waals surface area contributed by atoms with E-state index in [-0.39, 0.29) is 31.2 Å². The lowest BCUT2D eigenvalue weighted by Gasteiger charge is -2.51. The van der Waals surface area contributed by atoms with Gasteiger partial charge in [0, 0.05) is 139 Å². The topological polar surface area (TPSA) is 235 Å². The van der Waals surface area contributed by atoms with E-state index in [0.29, 0.717) is 91.0 Å². The molecular weight excluding hydrogens is 1240 g/mol. The molecule has 3 aromatic heterocycles. The molecule has 10 heterocycles. The third kappa shape index (κ3) is 14.6. The van der Waals surface area contributed by atoms with Gasteiger partial charge in [0.1, 0.15) is 31.2 Å². The van der Waals surface area contributed by atoms with Gasteiger partial charge in [-0.15, -0.1) is 15.3 Å². The molecule has 0 aliphatic carbocycles. The molecule has 7 aliphatic heterocycles. The van der Waals surface area contributed by atoms with Crippen molar-refractivity contribution in [2.24, 2.45) is 0 Å². The summed E-state index contributed by atoms with van der Waals surface area (Å²) >= 11 is 0. The molecule has 0 unspecified atom stereocenters. The summed E-state index contributed by atoms with van der Waals surface area (Å²) in [6.07, 6.45) is 15.7. The molecule has 25 heteroatoms. The van der Waals surface area contributed by atoms with Gasteiger partial charge in [0.05, 0.1) is 93.3 Å². The highest BCUT2D eigenvalue weighted by molar-refractivity contribution is 6.02. The molecule has 0 saturated carbocycles. The Morgan fingerprint density at radius 3 is 1.80 bits per heavy atom. The maximum Gasteiger partial charge on any atom is 0.409 e. The van der Waals surface area contributed by atoms with Crippen LogP contribution < -0.4 is 24.8 Å². The van der Waals surface area contributed by atoms with Crippen LogP contribution in [0.15, 0.2) is 55.0 Å². The number of hydrogen-bond donors (Lipinski definition) is 2. The number of benzene rings is 3. The van der Waals surface area contributed by atoms with Crippen molar-refractivity contribution in [3.63, 3.8) is 0 Å². The zero-order valence-corrected chi connectivity index (χ0v) is 59.5. The molecule has 6 aromatic rings. The van der Waals surface area contributed by atoms with Crippen LogP contribution in [-0.4, -0.2) is 213 Å². The number of piperidine rings is 2. The van der Waals surface area contributed by atoms with Gasteiger partial charge < -0.3 is 48.8 Å². The largest absolute Gasteiger partial charge is 0.455 e. The van der Waals surface area contributed by atoms with Crippen LogP contribution >= 0.6 is 0 Å². The fraction of sp³-hybridized carbons (Fsp3) is 0.630. The Labute approximate surface area is 575 Å². The molecule has 13 rings (SSSR count). The Morgan fingerprint density at radius 1 is 0.622 bits per heavy atom. The molecule has 2 amide bonds. The summed E-state index contributed by atoms with van der Waals surface area (Å²) < 4.78 is 38.7. The van der Waals surface area contributed by atoms with Gasteiger partial charge >= 0.3 is 6.09 Å². The van der Waals surface area contributed by atoms with Gasteiger partial charge in [0.15, 0.2) is 0 Å². The van der Waals surface area contributed by atoms with Crippen LogP contribution in [0, 0.1) is 6.92 Å². The summed E-state index contributed by atoms with van der Waals surface area (Å²) in [6, 6.07) is 12.9. The van der Waals surface area contributed by atoms with E-state index in [2.05, 4.69) is 139 Å². The van der Waals surface area contributed by atoms with Crippen molar-refractivity contribution in [1.82, 2.24) is 74.4 Å². The minimum atomic E-state index is -0.436. The van der Waals surface area contributed by atoms with Crippen LogP contribution in [0.4, 0.5) is 10.5 Å². The van der Waals surface area contributed by atoms with Crippen LogP contribution in [-0.2, 0) is 64.4 Å². The number of carbonyl (C=O) groups is 2. The zero-order valence-electron chi connectivity index (χ0n) is 59.5. The summed E-state index contributed by atoms with van der Waals surface area (Å²) in [5.74, 6) is 1.87. The molecule has 0 atom stereocenters. The molecule has 3 saturated heterocycles. The van der Waals surface area contributed by atoms with Crippen molar-refractivity contribution in [3.05, 3.63) is 122 Å². The van der Waals surface area contributed by atoms with Gasteiger partial charge in [-0.1, -0.05) is 40.8 Å². The summed E-state index contributed by atoms with van der Waals surface area (Å²) in [4.78, 5) is 36.6. The quantitative estimate of drug-likeness (QED) is 0.0436. The van der Waals surface area contributed by atoms with E-state index in [1.165, 1.54) is 43.4 Å². The van der Waals surface area contributed by atoms with Crippen LogP contribution in [0.1, 0.15) is 187 Å². The number of hydrogen-bond acceptors (Lipinski definition) is 19. The van der Waals surface area contributed by atoms with Crippen LogP contribution in [0.5, 0.6) is 11.5 Å². The number of aromatic nitrogens is 9. The van der Waals surface area contributed by atoms with Crippen molar-refractivity contribution in [2.45, 2.75) is 200 Å². The van der Waals surface area contributed by atoms with Crippen molar-refractivity contribution < 1.29 is 43.7 Å². The minimum Gasteiger partial charge on any atom is -0.455 e. The van der Waals surface area contributed by atoms with Crippen molar-refractivity contribution >= 4 is 23.3 Å². The molecule has 528 valence electrons. The average Bonchev–Trinajstić information content (AvgIpc) is 1.22. The smallest absolute Gasteiger partial charge is 0.409 e. The third-order valence-electron chi connectivity index (χ3n) is 21.2. The molecule has 3 aromatic carbocycles. The maximum absolute atomic E-state index is 14.9. The number of ether oxygens (including phenoxy) is 5. The first-order chi connectivity index (χ1) is 47.1. The molecule has 0 radical (unpaired) electrons. The first-order valence-corrected chi connectivity index (χ1v) is 35.9. The predicted octanol–water partition coefficient (Wildman–Crippen LogP) is 7.68. The third-order valence-corrected chi connectivity index (χ3v) is 21.2. The number of amides is 2. The summed E-state index contributed by atoms with van der Waals surface area (Å²) in [6.45, 7) is 30.7. The highest BCUT2D eigenvalue weighted by Crippen LogP contribution is 2.48. The van der Waals surface area contributed by atoms with Crippen LogP contribution in [0.3, 0.4) is 0 Å². The number of rotatable bonds is 24. The number of piperazine rings is 1. The molecule has 25 nitrogen and oxygen atoms in total. The van der Waals surface area contributed by atoms with E-state index in [1.54, 1.807) is 9.58 Å². The predicted molar refractivity (Wildman–Crippen MR) is 368 cm³/mol. The van der Waals surface area contributed by atoms with Gasteiger partial charge in [-0.05, 0) is 149 Å². The Balaban J connectivity index is 0.553. The normalized spacial score (nSPS) is 19.9. The standard InChI is InChI=1S/C73H103N16O9/c1-11-22-81-24-15-20-59-64(81)50(2)38-61-63(62-39-51-17-14-23-82-25-16-21-60(65(51)82)67(62)98-66(59)61)57-18-12-13-19-58(57)68(90)83-26-28-84(29-27-83)69(91)97-37-36-96-35-34-95-33-32-94-31-30-85-47-52(74-77-85)44-80(45-53-48-86(78-75-53)55-40-70(3,4)88(92)71(5,6)41-55)46-54-49-87(79-76-54)56-42-72(7,8)89(93)73(9,10)43-56/h12-13,18-19,38-39,47-49,55-56,92-93H,11,14-17,20-37,40-46H2,1-10H3/q+1. The molecule has 0 spiro atoms. The maximum atomic E-state index is 14.9. The Morgan fingerprint density at radius 2 is 1.17 bits per heavy atom. The number of anilines is 1. The molecular formula is C73H103N16O9+. The Bertz CT molecular complexity index is 3880. The molecule has 98 heavy (non-hydrogen) atoms. The number of fused-ring (bicyclic) bond motifs is 5. The molecule has 2 N–H and O–H groups in total. The molecule has 3 fully saturated rings. The highest BCUT2D eigenvalue weighted by atomic mass is 16.6. The van der Waals surface area contributed by atoms with Crippen molar-refractivity contribution in [2.75, 3.05) is 104 Å². The van der Waals surface area contributed by atoms with E-state index in [0.717, 1.165) is 147 Å². The van der Waals surface area contributed by atoms with Crippen molar-refractivity contribution in [1.29, 1.82) is 0 Å². The fourth-order valence-electron chi connectivity index (χ4n) is 17.0. The second kappa shape index (κ2) is 28.8. The van der Waals surface area contributed by atoms with Crippen molar-refractivity contribution in [3.8, 4) is 11.5 Å². The zero-order chi connectivity index (χ0) is 68.7. The van der Waals surface area contributed by atoms with Gasteiger partial charge in [0.25, 0.3) is 5.91 Å². The number of hydroxylamine groups is 4. The van der Waals surface area contributed by atoms with E-state index < -0.39 is 28.2 Å². The number of carbonyl (C=O) groups excluding carboxylic acids is 2. The monoisotopic (exact) mass is 1350 g/mol. The van der Waals surface area contributed by atoms with E-state index in [9.17, 15) is 20.0 Å². The second-order valence-corrected chi connectivity index (χ2v) is 30.7. The summed E-state index contributed by atoms with van der Waals surface area (Å²) in [7, 11) is 0. The first-order valence-electron chi connectivity index (χ1n) is 35.9. The lowest BCUT2D eigenvalue weighted by atomic mass is 9.79. The molecule has 0 bridgehead atoms. The van der Waals surface area contributed by atoms with E-state index in [1.807, 2.05) is 45.0 Å². The van der Waals surface area contributed by atoms with Gasteiger partial charge in [-0.2, -0.15) is 10.1 Å². The van der Waals surface area contributed by atoms with Crippen LogP contribution in [0.25, 0.3) is 5.57 Å². The van der Waals surface area contributed by atoms with Gasteiger partial charge in [-0.3, -0.25) is 9.69 Å². The van der Waals surface area contributed by atoms with Gasteiger partial charge in [-0.25, -0.2) is 23.4 Å². The first kappa shape index (κ1) is 69.3. The minimum absolute atomic E-state index is 0.0456. The average molecular weight is 1350 g/mol. The van der Waals surface area contributed by atoms with Crippen LogP contribution in [0.2, 0.25) is 0 Å². The van der Waals surface area contributed by atoms with E-state index in [4.69, 9.17) is 23.7 Å². The Kier molecular flexibility index (Phi) is 20.3. The summed E-state index contributed by atoms with van der Waals surface area (Å²) in [5, 5.41) is 54.8. The number of nitrogens with zero attached hydrogens (tertiary/aromatic N) is 16. The highest BCUT2D eigenvalue weighted by Gasteiger charge is 2.48. The Hall–Kier alpha value is -7.23. The lowest BCUT2D eigenvalue weighted by Crippen LogP contribution is -2.59.